The molecule has 0 amide bonds. The number of fused-ring (bicyclic) bond motifs is 1. The molecule has 0 radical (unpaired) electrons. The number of rotatable bonds is 8. The molecule has 2 aromatic carbocycles. The number of nitrogens with one attached hydrogen (secondary N) is 1. The lowest BCUT2D eigenvalue weighted by Crippen LogP contribution is -2.07. The highest BCUT2D eigenvalue weighted by Crippen LogP contribution is 2.38. The van der Waals surface area contributed by atoms with Crippen molar-refractivity contribution in [3.8, 4) is 28.5 Å². The van der Waals surface area contributed by atoms with Gasteiger partial charge in [-0.3, -0.25) is 4.40 Å². The second-order valence-electron chi connectivity index (χ2n) is 7.25. The van der Waals surface area contributed by atoms with E-state index in [1.54, 1.807) is 32.2 Å². The average molecular weight is 468 g/mol. The minimum absolute atomic E-state index is 0.0517. The van der Waals surface area contributed by atoms with Gasteiger partial charge >= 0.3 is 5.97 Å². The highest BCUT2D eigenvalue weighted by molar-refractivity contribution is 7.19. The van der Waals surface area contributed by atoms with Crippen LogP contribution in [-0.4, -0.2) is 41.3 Å². The Morgan fingerprint density at radius 2 is 1.91 bits per heavy atom. The molecule has 0 unspecified atom stereocenters. The molecule has 4 rings (SSSR count). The second kappa shape index (κ2) is 9.41. The third-order valence-electron chi connectivity index (χ3n) is 5.24. The van der Waals surface area contributed by atoms with Gasteiger partial charge in [0.05, 0.1) is 20.8 Å². The van der Waals surface area contributed by atoms with Gasteiger partial charge in [-0.2, -0.15) is 0 Å². The molecule has 0 fully saturated rings. The van der Waals surface area contributed by atoms with Gasteiger partial charge in [0.2, 0.25) is 0 Å². The van der Waals surface area contributed by atoms with Crippen LogP contribution in [-0.2, 0) is 11.3 Å². The van der Waals surface area contributed by atoms with Gasteiger partial charge in [0.1, 0.15) is 22.1 Å². The summed E-state index contributed by atoms with van der Waals surface area (Å²) in [5.41, 5.74) is 3.26. The lowest BCUT2D eigenvalue weighted by atomic mass is 10.1. The predicted octanol–water partition coefficient (Wildman–Crippen LogP) is 4.88. The quantitative estimate of drug-likeness (QED) is 0.357. The molecule has 4 aromatic rings. The third kappa shape index (κ3) is 4.31. The van der Waals surface area contributed by atoms with Gasteiger partial charge < -0.3 is 24.6 Å². The number of ether oxygens (including phenoxy) is 3. The monoisotopic (exact) mass is 467 g/mol. The minimum Gasteiger partial charge on any atom is -0.504 e. The fraction of sp³-hybridized carbons (Fsp3) is 0.250. The molecule has 0 saturated heterocycles. The molecule has 0 spiro atoms. The van der Waals surface area contributed by atoms with Crippen LogP contribution in [0.2, 0.25) is 0 Å². The fourth-order valence-corrected chi connectivity index (χ4v) is 4.57. The van der Waals surface area contributed by atoms with E-state index in [9.17, 15) is 9.90 Å². The smallest absolute Gasteiger partial charge is 0.350 e. The van der Waals surface area contributed by atoms with E-state index in [4.69, 9.17) is 19.2 Å². The third-order valence-corrected chi connectivity index (χ3v) is 6.36. The van der Waals surface area contributed by atoms with E-state index < -0.39 is 0 Å². The summed E-state index contributed by atoms with van der Waals surface area (Å²) in [6, 6.07) is 12.9. The van der Waals surface area contributed by atoms with Crippen molar-refractivity contribution in [2.75, 3.05) is 26.1 Å². The number of aromatic hydroxyl groups is 1. The van der Waals surface area contributed by atoms with Crippen molar-refractivity contribution >= 4 is 28.1 Å². The van der Waals surface area contributed by atoms with Crippen molar-refractivity contribution in [1.82, 2.24) is 9.38 Å². The number of aryl methyl sites for hydroxylation is 1. The molecule has 0 aliphatic heterocycles. The first kappa shape index (κ1) is 22.5. The highest BCUT2D eigenvalue weighted by atomic mass is 32.1. The Hall–Kier alpha value is -3.72. The number of anilines is 1. The number of hydrogen-bond donors (Lipinski definition) is 2. The van der Waals surface area contributed by atoms with Gasteiger partial charge in [-0.1, -0.05) is 23.5 Å². The van der Waals surface area contributed by atoms with Crippen molar-refractivity contribution in [2.45, 2.75) is 20.4 Å². The molecule has 2 aromatic heterocycles. The number of carbonyl (C=O) groups excluding carboxylic acids is 1. The number of hydrogen-bond acceptors (Lipinski definition) is 8. The number of aromatic nitrogens is 2. The number of nitrogens with zero attached hydrogens (tertiary/aromatic N) is 2. The van der Waals surface area contributed by atoms with Gasteiger partial charge in [0, 0.05) is 17.8 Å². The lowest BCUT2D eigenvalue weighted by Gasteiger charge is -2.11. The Bertz CT molecular complexity index is 1290. The second-order valence-corrected chi connectivity index (χ2v) is 8.23. The zero-order valence-electron chi connectivity index (χ0n) is 18.8. The SMILES string of the molecule is CCOC(=O)c1sc2nc(-c3ccc(O)c(OC)c3)c(NCc3ccc(OC)cc3)n2c1C. The molecule has 9 heteroatoms. The summed E-state index contributed by atoms with van der Waals surface area (Å²) in [5, 5.41) is 13.5. The maximum atomic E-state index is 12.4. The molecular weight excluding hydrogens is 442 g/mol. The summed E-state index contributed by atoms with van der Waals surface area (Å²) < 4.78 is 17.7. The van der Waals surface area contributed by atoms with Crippen molar-refractivity contribution in [2.24, 2.45) is 0 Å². The number of methoxy groups -OCH3 is 2. The van der Waals surface area contributed by atoms with Crippen LogP contribution in [0.4, 0.5) is 5.82 Å². The molecule has 2 N–H and O–H groups in total. The van der Waals surface area contributed by atoms with Gasteiger partial charge in [0.25, 0.3) is 0 Å². The summed E-state index contributed by atoms with van der Waals surface area (Å²) in [5.74, 6) is 1.57. The Morgan fingerprint density at radius 3 is 2.58 bits per heavy atom. The molecule has 33 heavy (non-hydrogen) atoms. The zero-order chi connectivity index (χ0) is 23.5. The first-order valence-corrected chi connectivity index (χ1v) is 11.2. The molecule has 0 bridgehead atoms. The zero-order valence-corrected chi connectivity index (χ0v) is 19.7. The van der Waals surface area contributed by atoms with Gasteiger partial charge in [0.15, 0.2) is 16.5 Å². The van der Waals surface area contributed by atoms with Crippen LogP contribution in [0.15, 0.2) is 42.5 Å². The first-order chi connectivity index (χ1) is 16.0. The van der Waals surface area contributed by atoms with Crippen LogP contribution in [0, 0.1) is 6.92 Å². The van der Waals surface area contributed by atoms with E-state index in [2.05, 4.69) is 5.32 Å². The molecular formula is C24H25N3O5S. The lowest BCUT2D eigenvalue weighted by molar-refractivity contribution is 0.0531. The number of carbonyl (C=O) groups is 1. The molecule has 172 valence electrons. The molecule has 0 aliphatic rings. The maximum Gasteiger partial charge on any atom is 0.350 e. The van der Waals surface area contributed by atoms with Gasteiger partial charge in [-0.15, -0.1) is 0 Å². The predicted molar refractivity (Wildman–Crippen MR) is 128 cm³/mol. The molecule has 2 heterocycles. The van der Waals surface area contributed by atoms with Crippen molar-refractivity contribution in [1.29, 1.82) is 0 Å². The van der Waals surface area contributed by atoms with Crippen molar-refractivity contribution < 1.29 is 24.1 Å². The van der Waals surface area contributed by atoms with E-state index in [0.717, 1.165) is 28.4 Å². The Labute approximate surface area is 195 Å². The summed E-state index contributed by atoms with van der Waals surface area (Å²) in [6.45, 7) is 4.49. The Morgan fingerprint density at radius 1 is 1.15 bits per heavy atom. The van der Waals surface area contributed by atoms with E-state index >= 15 is 0 Å². The number of benzene rings is 2. The minimum atomic E-state index is -0.362. The van der Waals surface area contributed by atoms with Gasteiger partial charge in [-0.25, -0.2) is 9.78 Å². The molecule has 0 aliphatic carbocycles. The molecule has 8 nitrogen and oxygen atoms in total. The van der Waals surface area contributed by atoms with Crippen LogP contribution < -0.4 is 14.8 Å². The number of imidazole rings is 1. The molecule has 0 saturated carbocycles. The summed E-state index contributed by atoms with van der Waals surface area (Å²) in [7, 11) is 3.14. The molecule has 0 atom stereocenters. The number of thiazole rings is 1. The van der Waals surface area contributed by atoms with Crippen LogP contribution in [0.3, 0.4) is 0 Å². The average Bonchev–Trinajstić information content (AvgIpc) is 3.35. The fourth-order valence-electron chi connectivity index (χ4n) is 3.55. The largest absolute Gasteiger partial charge is 0.504 e. The van der Waals surface area contributed by atoms with Crippen molar-refractivity contribution in [3.63, 3.8) is 0 Å². The summed E-state index contributed by atoms with van der Waals surface area (Å²) in [6.07, 6.45) is 0. The van der Waals surface area contributed by atoms with E-state index in [0.29, 0.717) is 34.4 Å². The topological polar surface area (TPSA) is 94.3 Å². The van der Waals surface area contributed by atoms with Gasteiger partial charge in [-0.05, 0) is 49.7 Å². The van der Waals surface area contributed by atoms with E-state index in [1.165, 1.54) is 18.4 Å². The summed E-state index contributed by atoms with van der Waals surface area (Å²) in [4.78, 5) is 18.4. The van der Waals surface area contributed by atoms with Crippen LogP contribution in [0.25, 0.3) is 16.2 Å². The maximum absolute atomic E-state index is 12.4. The highest BCUT2D eigenvalue weighted by Gasteiger charge is 2.24. The number of esters is 1. The standard InChI is InChI=1S/C24H25N3O5S/c1-5-32-23(29)21-14(2)27-22(25-13-15-6-9-17(30-3)10-7-15)20(26-24(27)33-21)16-8-11-18(28)19(12-16)31-4/h6-12,25,28H,5,13H2,1-4H3. The van der Waals surface area contributed by atoms with Crippen LogP contribution in [0.1, 0.15) is 27.9 Å². The van der Waals surface area contributed by atoms with E-state index in [1.807, 2.05) is 35.6 Å². The van der Waals surface area contributed by atoms with Crippen LogP contribution in [0.5, 0.6) is 17.2 Å². The van der Waals surface area contributed by atoms with Crippen LogP contribution >= 0.6 is 11.3 Å². The Kier molecular flexibility index (Phi) is 6.41. The number of phenolic OH excluding ortho intramolecular Hbond substituents is 1. The van der Waals surface area contributed by atoms with E-state index in [-0.39, 0.29) is 11.7 Å². The number of phenols is 1. The summed E-state index contributed by atoms with van der Waals surface area (Å²) >= 11 is 1.28. The Balaban J connectivity index is 1.79. The van der Waals surface area contributed by atoms with Crippen molar-refractivity contribution in [3.05, 3.63) is 58.6 Å². The first-order valence-electron chi connectivity index (χ1n) is 10.4. The normalized spacial score (nSPS) is 10.9.